The maximum absolute atomic E-state index is 15.6. The van der Waals surface area contributed by atoms with Gasteiger partial charge in [-0.05, 0) is 62.6 Å². The van der Waals surface area contributed by atoms with Crippen molar-refractivity contribution in [3.8, 4) is 17.0 Å². The second-order valence-electron chi connectivity index (χ2n) is 14.0. The number of anilines is 1. The Morgan fingerprint density at radius 2 is 1.70 bits per heavy atom. The highest BCUT2D eigenvalue weighted by Crippen LogP contribution is 2.43. The zero-order chi connectivity index (χ0) is 40.6. The molecule has 19 heteroatoms. The van der Waals surface area contributed by atoms with Gasteiger partial charge in [0.2, 0.25) is 11.7 Å². The summed E-state index contributed by atoms with van der Waals surface area (Å²) in [7, 11) is 3.02. The molecule has 2 amide bonds. The van der Waals surface area contributed by atoms with Crippen molar-refractivity contribution in [2.75, 3.05) is 45.8 Å². The minimum absolute atomic E-state index is 0.0616. The van der Waals surface area contributed by atoms with Gasteiger partial charge >= 0.3 is 12.4 Å². The average Bonchev–Trinajstić information content (AvgIpc) is 3.82. The van der Waals surface area contributed by atoms with Crippen LogP contribution in [0.4, 0.5) is 40.8 Å². The molecule has 56 heavy (non-hydrogen) atoms. The molecule has 0 radical (unpaired) electrons. The first kappa shape index (κ1) is 40.9. The van der Waals surface area contributed by atoms with E-state index in [1.54, 1.807) is 7.11 Å². The monoisotopic (exact) mass is 798 g/mol. The van der Waals surface area contributed by atoms with E-state index in [1.807, 2.05) is 0 Å². The molecule has 2 aliphatic heterocycles. The first-order valence-electron chi connectivity index (χ1n) is 17.8. The summed E-state index contributed by atoms with van der Waals surface area (Å²) in [6.07, 6.45) is -6.13. The lowest BCUT2D eigenvalue weighted by Gasteiger charge is -2.49. The van der Waals surface area contributed by atoms with Crippen LogP contribution in [-0.2, 0) is 38.0 Å². The number of hydrogen-bond acceptors (Lipinski definition) is 9. The van der Waals surface area contributed by atoms with Gasteiger partial charge in [-0.1, -0.05) is 18.9 Å². The van der Waals surface area contributed by atoms with Crippen molar-refractivity contribution in [3.05, 3.63) is 71.2 Å². The molecule has 6 rings (SSSR count). The molecular weight excluding hydrogens is 760 g/mol. The van der Waals surface area contributed by atoms with Gasteiger partial charge in [-0.15, -0.1) is 0 Å². The summed E-state index contributed by atoms with van der Waals surface area (Å²) in [5.41, 5.74) is -6.21. The molecule has 1 aliphatic carbocycles. The molecule has 1 saturated carbocycles. The molecule has 11 nitrogen and oxygen atoms in total. The maximum Gasteiger partial charge on any atom is 0.433 e. The van der Waals surface area contributed by atoms with E-state index in [1.165, 1.54) is 24.2 Å². The van der Waals surface area contributed by atoms with E-state index >= 15 is 8.78 Å². The van der Waals surface area contributed by atoms with E-state index in [0.29, 0.717) is 50.5 Å². The number of aromatic nitrogens is 2. The summed E-state index contributed by atoms with van der Waals surface area (Å²) in [6.45, 7) is 1.24. The van der Waals surface area contributed by atoms with Crippen molar-refractivity contribution in [2.45, 2.75) is 69.0 Å². The number of ether oxygens (including phenoxy) is 2. The van der Waals surface area contributed by atoms with Crippen LogP contribution in [0.2, 0.25) is 0 Å². The van der Waals surface area contributed by atoms with Crippen molar-refractivity contribution in [2.24, 2.45) is 5.92 Å². The van der Waals surface area contributed by atoms with Gasteiger partial charge < -0.3 is 14.8 Å². The molecule has 1 spiro atoms. The smallest absolute Gasteiger partial charge is 0.433 e. The van der Waals surface area contributed by atoms with Crippen LogP contribution in [0.15, 0.2) is 42.7 Å². The number of rotatable bonds is 11. The Kier molecular flexibility index (Phi) is 11.7. The quantitative estimate of drug-likeness (QED) is 0.177. The number of hydrogen-bond donors (Lipinski definition) is 1. The van der Waals surface area contributed by atoms with Gasteiger partial charge in [0.25, 0.3) is 5.91 Å². The SMILES string of the molecule is COCC1CCCN1CCOc1ccc(CN2C(=O)C(C(=O)Nc3ccc(C(F)(F)F)cc3-c3cc(C(F)(F)F)ncn3)C(=O)C3(CCCC3)N2C)c(F)c1F. The van der Waals surface area contributed by atoms with Gasteiger partial charge in [0.1, 0.15) is 18.6 Å². The number of likely N-dealkylation sites (N-methyl/N-ethyl adjacent to an activating group) is 1. The molecule has 2 unspecified atom stereocenters. The van der Waals surface area contributed by atoms with Crippen LogP contribution in [-0.4, -0.2) is 94.5 Å². The van der Waals surface area contributed by atoms with Crippen LogP contribution in [0.1, 0.15) is 55.3 Å². The fourth-order valence-electron chi connectivity index (χ4n) is 7.73. The van der Waals surface area contributed by atoms with Gasteiger partial charge in [0.15, 0.2) is 23.3 Å². The highest BCUT2D eigenvalue weighted by Gasteiger charge is 2.58. The standard InChI is InChI=1S/C37H38F8N6O5/c1-49-35(11-3-4-12-35)32(52)29(33(53)48-25-9-8-22(36(40,41)42)16-24(25)26-17-28(37(43,44)45)47-20-46-26)34(54)51(49)18-21-7-10-27(31(39)30(21)38)56-15-14-50-13-5-6-23(50)19-55-2/h7-10,16-17,20,23,29H,3-6,11-15,18-19H2,1-2H3,(H,48,53). The van der Waals surface area contributed by atoms with Crippen LogP contribution in [0.5, 0.6) is 5.75 Å². The Bertz CT molecular complexity index is 1970. The number of ketones is 1. The number of carbonyl (C=O) groups excluding carboxylic acids is 3. The van der Waals surface area contributed by atoms with Gasteiger partial charge in [0, 0.05) is 37.9 Å². The van der Waals surface area contributed by atoms with Crippen molar-refractivity contribution in [1.29, 1.82) is 0 Å². The Morgan fingerprint density at radius 1 is 0.964 bits per heavy atom. The predicted molar refractivity (Wildman–Crippen MR) is 182 cm³/mol. The van der Waals surface area contributed by atoms with Crippen molar-refractivity contribution >= 4 is 23.3 Å². The van der Waals surface area contributed by atoms with Crippen LogP contribution >= 0.6 is 0 Å². The number of likely N-dealkylation sites (tertiary alicyclic amines) is 1. The van der Waals surface area contributed by atoms with E-state index in [9.17, 15) is 40.7 Å². The molecule has 1 N–H and O–H groups in total. The van der Waals surface area contributed by atoms with Crippen molar-refractivity contribution < 1.29 is 59.0 Å². The lowest BCUT2D eigenvalue weighted by atomic mass is 9.80. The van der Waals surface area contributed by atoms with Crippen LogP contribution in [0.25, 0.3) is 11.3 Å². The molecule has 1 aromatic heterocycles. The Hall–Kier alpha value is -4.75. The zero-order valence-corrected chi connectivity index (χ0v) is 30.3. The highest BCUT2D eigenvalue weighted by molar-refractivity contribution is 6.25. The minimum atomic E-state index is -4.99. The topological polar surface area (TPSA) is 117 Å². The predicted octanol–water partition coefficient (Wildman–Crippen LogP) is 6.27. The second kappa shape index (κ2) is 16.0. The number of halogens is 8. The fourth-order valence-corrected chi connectivity index (χ4v) is 7.73. The molecule has 2 aromatic carbocycles. The average molecular weight is 799 g/mol. The van der Waals surface area contributed by atoms with E-state index in [0.717, 1.165) is 30.5 Å². The summed E-state index contributed by atoms with van der Waals surface area (Å²) < 4.78 is 123. The minimum Gasteiger partial charge on any atom is -0.489 e. The summed E-state index contributed by atoms with van der Waals surface area (Å²) in [5, 5.41) is 4.53. The number of hydrazine groups is 1. The first-order valence-corrected chi connectivity index (χ1v) is 17.8. The summed E-state index contributed by atoms with van der Waals surface area (Å²) in [4.78, 5) is 51.1. The summed E-state index contributed by atoms with van der Waals surface area (Å²) >= 11 is 0. The Morgan fingerprint density at radius 3 is 2.38 bits per heavy atom. The molecule has 0 bridgehead atoms. The first-order chi connectivity index (χ1) is 26.5. The maximum atomic E-state index is 15.6. The van der Waals surface area contributed by atoms with Gasteiger partial charge in [-0.3, -0.25) is 24.3 Å². The summed E-state index contributed by atoms with van der Waals surface area (Å²) in [6, 6.07) is 4.81. The number of carbonyl (C=O) groups is 3. The molecule has 2 atom stereocenters. The van der Waals surface area contributed by atoms with Crippen molar-refractivity contribution in [1.82, 2.24) is 24.9 Å². The number of nitrogens with zero attached hydrogens (tertiary/aromatic N) is 5. The number of alkyl halides is 6. The lowest BCUT2D eigenvalue weighted by Crippen LogP contribution is -2.69. The van der Waals surface area contributed by atoms with E-state index in [2.05, 4.69) is 20.2 Å². The third kappa shape index (κ3) is 8.06. The molecule has 3 heterocycles. The third-order valence-electron chi connectivity index (χ3n) is 10.7. The van der Waals surface area contributed by atoms with Gasteiger partial charge in [-0.2, -0.15) is 30.7 Å². The van der Waals surface area contributed by atoms with E-state index in [4.69, 9.17) is 9.47 Å². The Labute approximate surface area is 315 Å². The number of nitrogens with one attached hydrogen (secondary N) is 1. The van der Waals surface area contributed by atoms with Gasteiger partial charge in [-0.25, -0.2) is 19.4 Å². The lowest BCUT2D eigenvalue weighted by molar-refractivity contribution is -0.186. The third-order valence-corrected chi connectivity index (χ3v) is 10.7. The van der Waals surface area contributed by atoms with Crippen LogP contribution in [0, 0.1) is 17.6 Å². The van der Waals surface area contributed by atoms with E-state index < -0.39 is 87.8 Å². The summed E-state index contributed by atoms with van der Waals surface area (Å²) in [5.74, 6) is -8.36. The second-order valence-corrected chi connectivity index (χ2v) is 14.0. The Balaban J connectivity index is 1.27. The fraction of sp³-hybridized carbons (Fsp3) is 0.486. The largest absolute Gasteiger partial charge is 0.489 e. The zero-order valence-electron chi connectivity index (χ0n) is 30.3. The van der Waals surface area contributed by atoms with Crippen molar-refractivity contribution in [3.63, 3.8) is 0 Å². The molecule has 3 aromatic rings. The molecule has 3 aliphatic rings. The molecule has 3 fully saturated rings. The molecule has 302 valence electrons. The number of benzene rings is 2. The van der Waals surface area contributed by atoms with Crippen LogP contribution < -0.4 is 10.1 Å². The van der Waals surface area contributed by atoms with Gasteiger partial charge in [0.05, 0.1) is 35.6 Å². The number of Topliss-reactive ketones (excluding diaryl/α,β-unsaturated/α-hetero) is 1. The molecule has 2 saturated heterocycles. The highest BCUT2D eigenvalue weighted by atomic mass is 19.4. The number of amides is 2. The molecular formula is C37H38F8N6O5. The van der Waals surface area contributed by atoms with E-state index in [-0.39, 0.29) is 36.8 Å². The normalized spacial score (nSPS) is 20.6. The van der Waals surface area contributed by atoms with Crippen LogP contribution in [0.3, 0.4) is 0 Å². The number of methoxy groups -OCH3 is 1.